The van der Waals surface area contributed by atoms with Crippen LogP contribution in [0.25, 0.3) is 10.8 Å². The number of nitrogens with zero attached hydrogens (tertiary/aromatic N) is 1. The first-order chi connectivity index (χ1) is 9.93. The maximum Gasteiger partial charge on any atom is 0.387 e. The van der Waals surface area contributed by atoms with Crippen LogP contribution in [0.2, 0.25) is 0 Å². The molecule has 0 spiro atoms. The predicted octanol–water partition coefficient (Wildman–Crippen LogP) is 3.28. The van der Waals surface area contributed by atoms with Gasteiger partial charge in [-0.15, -0.1) is 4.58 Å². The standard InChI is InChI=1S/C18H15NO2/c1-12-18(2,3)17-14-7-5-4-6-13(14)8-9-15(17)19(12)11-10-16(20)21/h4-9H,1-3H3/p+1. The molecule has 2 aromatic rings. The third-order valence-electron chi connectivity index (χ3n) is 4.29. The van der Waals surface area contributed by atoms with Gasteiger partial charge in [0.2, 0.25) is 11.7 Å². The second kappa shape index (κ2) is 4.46. The Morgan fingerprint density at radius 3 is 2.62 bits per heavy atom. The zero-order valence-electron chi connectivity index (χ0n) is 12.3. The van der Waals surface area contributed by atoms with Crippen LogP contribution in [-0.4, -0.2) is 21.4 Å². The minimum Gasteiger partial charge on any atom is -0.471 e. The fraction of sp³-hybridized carbons (Fsp3) is 0.222. The number of carboxylic acids is 1. The molecule has 1 aliphatic rings. The number of rotatable bonds is 0. The molecule has 0 aromatic heterocycles. The van der Waals surface area contributed by atoms with Crippen LogP contribution in [0.15, 0.2) is 36.4 Å². The van der Waals surface area contributed by atoms with E-state index in [1.165, 1.54) is 16.3 Å². The van der Waals surface area contributed by atoms with Crippen molar-refractivity contribution in [2.75, 3.05) is 0 Å². The summed E-state index contributed by atoms with van der Waals surface area (Å²) in [5, 5.41) is 11.2. The van der Waals surface area contributed by atoms with E-state index in [9.17, 15) is 4.79 Å². The Kier molecular flexibility index (Phi) is 2.84. The van der Waals surface area contributed by atoms with Gasteiger partial charge in [0.15, 0.2) is 5.71 Å². The lowest BCUT2D eigenvalue weighted by Crippen LogP contribution is -2.25. The lowest BCUT2D eigenvalue weighted by atomic mass is 9.80. The molecule has 0 fully saturated rings. The fourth-order valence-electron chi connectivity index (χ4n) is 2.99. The van der Waals surface area contributed by atoms with Crippen LogP contribution in [-0.2, 0) is 10.2 Å². The first-order valence-corrected chi connectivity index (χ1v) is 6.84. The van der Waals surface area contributed by atoms with E-state index in [4.69, 9.17) is 5.11 Å². The molecular formula is C18H16NO2+. The minimum atomic E-state index is -1.12. The maximum absolute atomic E-state index is 10.7. The van der Waals surface area contributed by atoms with Crippen molar-refractivity contribution in [1.29, 1.82) is 0 Å². The van der Waals surface area contributed by atoms with E-state index in [-0.39, 0.29) is 5.41 Å². The fourth-order valence-corrected chi connectivity index (χ4v) is 2.99. The van der Waals surface area contributed by atoms with Crippen molar-refractivity contribution >= 4 is 28.1 Å². The van der Waals surface area contributed by atoms with E-state index in [1.54, 1.807) is 4.58 Å². The van der Waals surface area contributed by atoms with Gasteiger partial charge in [0.05, 0.1) is 11.3 Å². The average molecular weight is 278 g/mol. The van der Waals surface area contributed by atoms with Crippen molar-refractivity contribution in [3.8, 4) is 12.0 Å². The van der Waals surface area contributed by atoms with Gasteiger partial charge in [0.25, 0.3) is 0 Å². The van der Waals surface area contributed by atoms with Gasteiger partial charge in [0, 0.05) is 18.6 Å². The Hall–Kier alpha value is -2.60. The van der Waals surface area contributed by atoms with E-state index < -0.39 is 5.97 Å². The Bertz CT molecular complexity index is 864. The molecule has 3 rings (SSSR count). The van der Waals surface area contributed by atoms with Crippen molar-refractivity contribution in [3.63, 3.8) is 0 Å². The largest absolute Gasteiger partial charge is 0.471 e. The lowest BCUT2D eigenvalue weighted by molar-refractivity contribution is -0.334. The van der Waals surface area contributed by atoms with Crippen LogP contribution in [0.3, 0.4) is 0 Å². The second-order valence-corrected chi connectivity index (χ2v) is 5.77. The summed E-state index contributed by atoms with van der Waals surface area (Å²) in [7, 11) is 0. The van der Waals surface area contributed by atoms with Crippen LogP contribution in [0, 0.1) is 12.0 Å². The third-order valence-corrected chi connectivity index (χ3v) is 4.29. The van der Waals surface area contributed by atoms with Gasteiger partial charge < -0.3 is 5.11 Å². The molecule has 1 aliphatic heterocycles. The van der Waals surface area contributed by atoms with E-state index in [0.29, 0.717) is 0 Å². The highest BCUT2D eigenvalue weighted by Crippen LogP contribution is 2.43. The molecule has 0 aliphatic carbocycles. The molecule has 2 aromatic carbocycles. The molecule has 0 saturated heterocycles. The Labute approximate surface area is 123 Å². The van der Waals surface area contributed by atoms with Gasteiger partial charge in [-0.2, -0.15) is 0 Å². The van der Waals surface area contributed by atoms with Gasteiger partial charge in [-0.05, 0) is 30.7 Å². The van der Waals surface area contributed by atoms with Gasteiger partial charge in [-0.3, -0.25) is 0 Å². The summed E-state index contributed by atoms with van der Waals surface area (Å²) >= 11 is 0. The summed E-state index contributed by atoms with van der Waals surface area (Å²) in [4.78, 5) is 10.7. The maximum atomic E-state index is 10.7. The summed E-state index contributed by atoms with van der Waals surface area (Å²) in [6.45, 7) is 6.30. The SMILES string of the molecule is CC1=[N+](C#CC(=O)O)c2ccc3ccccc3c2C1(C)C. The number of aliphatic carboxylic acids is 1. The first kappa shape index (κ1) is 13.4. The van der Waals surface area contributed by atoms with Crippen molar-refractivity contribution in [1.82, 2.24) is 0 Å². The number of hydrogen-bond donors (Lipinski definition) is 1. The zero-order chi connectivity index (χ0) is 15.2. The minimum absolute atomic E-state index is 0.177. The summed E-state index contributed by atoms with van der Waals surface area (Å²) in [5.41, 5.74) is 3.05. The van der Waals surface area contributed by atoms with Crippen LogP contribution in [0.4, 0.5) is 5.69 Å². The van der Waals surface area contributed by atoms with E-state index in [2.05, 4.69) is 44.0 Å². The molecule has 3 heteroatoms. The second-order valence-electron chi connectivity index (χ2n) is 5.77. The highest BCUT2D eigenvalue weighted by atomic mass is 16.4. The van der Waals surface area contributed by atoms with E-state index in [1.807, 2.05) is 25.1 Å². The molecule has 104 valence electrons. The van der Waals surface area contributed by atoms with E-state index >= 15 is 0 Å². The van der Waals surface area contributed by atoms with Crippen molar-refractivity contribution in [2.24, 2.45) is 0 Å². The van der Waals surface area contributed by atoms with Gasteiger partial charge in [-0.25, -0.2) is 4.79 Å². The Morgan fingerprint density at radius 2 is 1.90 bits per heavy atom. The molecule has 21 heavy (non-hydrogen) atoms. The number of carboxylic acid groups (broad SMARTS) is 1. The summed E-state index contributed by atoms with van der Waals surface area (Å²) in [5.74, 6) is 1.10. The number of hydrogen-bond acceptors (Lipinski definition) is 1. The summed E-state index contributed by atoms with van der Waals surface area (Å²) in [6.07, 6.45) is 0. The Morgan fingerprint density at radius 1 is 1.19 bits per heavy atom. The smallest absolute Gasteiger partial charge is 0.387 e. The van der Waals surface area contributed by atoms with Crippen molar-refractivity contribution < 1.29 is 14.5 Å². The van der Waals surface area contributed by atoms with Crippen LogP contribution in [0.1, 0.15) is 26.3 Å². The van der Waals surface area contributed by atoms with Crippen LogP contribution in [0.5, 0.6) is 0 Å². The molecule has 0 saturated carbocycles. The average Bonchev–Trinajstić information content (AvgIpc) is 2.65. The van der Waals surface area contributed by atoms with Crippen LogP contribution < -0.4 is 0 Å². The monoisotopic (exact) mass is 278 g/mol. The lowest BCUT2D eigenvalue weighted by Gasteiger charge is -2.16. The first-order valence-electron chi connectivity index (χ1n) is 6.84. The molecule has 3 nitrogen and oxygen atoms in total. The number of carbonyl (C=O) groups is 1. The molecule has 0 bridgehead atoms. The highest BCUT2D eigenvalue weighted by Gasteiger charge is 2.44. The highest BCUT2D eigenvalue weighted by molar-refractivity contribution is 6.02. The molecule has 0 radical (unpaired) electrons. The van der Waals surface area contributed by atoms with Gasteiger partial charge in [0.1, 0.15) is 0 Å². The molecule has 1 heterocycles. The predicted molar refractivity (Wildman–Crippen MR) is 83.0 cm³/mol. The molecule has 0 atom stereocenters. The van der Waals surface area contributed by atoms with E-state index in [0.717, 1.165) is 11.4 Å². The molecule has 0 unspecified atom stereocenters. The summed E-state index contributed by atoms with van der Waals surface area (Å²) < 4.78 is 1.80. The number of fused-ring (bicyclic) bond motifs is 3. The third kappa shape index (κ3) is 1.92. The Balaban J connectivity index is 2.35. The molecule has 1 N–H and O–H groups in total. The van der Waals surface area contributed by atoms with Gasteiger partial charge >= 0.3 is 5.97 Å². The quantitative estimate of drug-likeness (QED) is 0.593. The van der Waals surface area contributed by atoms with Crippen molar-refractivity contribution in [3.05, 3.63) is 42.0 Å². The molecule has 0 amide bonds. The topological polar surface area (TPSA) is 40.3 Å². The normalized spacial score (nSPS) is 15.6. The number of benzene rings is 2. The molecular weight excluding hydrogens is 262 g/mol. The van der Waals surface area contributed by atoms with Crippen molar-refractivity contribution in [2.45, 2.75) is 26.2 Å². The van der Waals surface area contributed by atoms with Gasteiger partial charge in [-0.1, -0.05) is 24.3 Å². The summed E-state index contributed by atoms with van der Waals surface area (Å²) in [6, 6.07) is 15.1. The van der Waals surface area contributed by atoms with Crippen LogP contribution >= 0.6 is 0 Å². The zero-order valence-corrected chi connectivity index (χ0v) is 12.3.